The van der Waals surface area contributed by atoms with Crippen molar-refractivity contribution in [2.45, 2.75) is 32.4 Å². The molecular formula is C13H19N5O2. The Bertz CT molecular complexity index is 748. The largest absolute Gasteiger partial charge is 0.332 e. The molecule has 1 atom stereocenters. The number of imidazole rings is 1. The van der Waals surface area contributed by atoms with E-state index in [9.17, 15) is 9.59 Å². The summed E-state index contributed by atoms with van der Waals surface area (Å²) in [5.74, 6) is 0. The molecule has 1 fully saturated rings. The highest BCUT2D eigenvalue weighted by Gasteiger charge is 2.22. The van der Waals surface area contributed by atoms with Crippen LogP contribution in [-0.2, 0) is 13.6 Å². The van der Waals surface area contributed by atoms with Crippen molar-refractivity contribution in [2.75, 3.05) is 13.1 Å². The lowest BCUT2D eigenvalue weighted by atomic mass is 10.2. The van der Waals surface area contributed by atoms with Crippen molar-refractivity contribution in [3.05, 3.63) is 27.2 Å². The minimum absolute atomic E-state index is 0.236. The molecular weight excluding hydrogens is 258 g/mol. The Kier molecular flexibility index (Phi) is 3.21. The first-order chi connectivity index (χ1) is 9.65. The van der Waals surface area contributed by atoms with Crippen molar-refractivity contribution >= 4 is 11.2 Å². The van der Waals surface area contributed by atoms with Gasteiger partial charge < -0.3 is 9.88 Å². The summed E-state index contributed by atoms with van der Waals surface area (Å²) >= 11 is 0. The van der Waals surface area contributed by atoms with Crippen LogP contribution in [-0.4, -0.2) is 31.8 Å². The Morgan fingerprint density at radius 1 is 1.45 bits per heavy atom. The lowest BCUT2D eigenvalue weighted by Crippen LogP contribution is -2.39. The van der Waals surface area contributed by atoms with Crippen LogP contribution in [0.25, 0.3) is 11.2 Å². The number of hydrogen-bond acceptors (Lipinski definition) is 4. The Balaban J connectivity index is 2.31. The number of fused-ring (bicyclic) bond motifs is 1. The summed E-state index contributed by atoms with van der Waals surface area (Å²) < 4.78 is 4.69. The molecule has 1 unspecified atom stereocenters. The van der Waals surface area contributed by atoms with E-state index in [-0.39, 0.29) is 17.3 Å². The molecule has 0 bridgehead atoms. The van der Waals surface area contributed by atoms with Gasteiger partial charge in [0.15, 0.2) is 11.2 Å². The normalized spacial score (nSPS) is 19.0. The molecule has 1 aliphatic heterocycles. The van der Waals surface area contributed by atoms with E-state index in [4.69, 9.17) is 0 Å². The number of nitrogens with one attached hydrogen (secondary N) is 1. The van der Waals surface area contributed by atoms with Gasteiger partial charge in [-0.25, -0.2) is 9.78 Å². The molecule has 0 aromatic carbocycles. The van der Waals surface area contributed by atoms with Crippen molar-refractivity contribution in [3.63, 3.8) is 0 Å². The van der Waals surface area contributed by atoms with Gasteiger partial charge in [-0.3, -0.25) is 13.9 Å². The zero-order valence-electron chi connectivity index (χ0n) is 11.8. The number of nitrogens with zero attached hydrogens (tertiary/aromatic N) is 4. The third-order valence-corrected chi connectivity index (χ3v) is 3.93. The molecule has 3 heterocycles. The molecule has 0 spiro atoms. The van der Waals surface area contributed by atoms with Crippen LogP contribution in [0.2, 0.25) is 0 Å². The number of rotatable bonds is 3. The molecule has 1 N–H and O–H groups in total. The highest BCUT2D eigenvalue weighted by Crippen LogP contribution is 2.19. The molecule has 3 rings (SSSR count). The monoisotopic (exact) mass is 277 g/mol. The predicted molar refractivity (Wildman–Crippen MR) is 76.0 cm³/mol. The van der Waals surface area contributed by atoms with Crippen molar-refractivity contribution in [1.82, 2.24) is 24.0 Å². The molecule has 0 saturated carbocycles. The molecule has 0 aliphatic carbocycles. The molecule has 1 saturated heterocycles. The van der Waals surface area contributed by atoms with Gasteiger partial charge in [0.25, 0.3) is 5.56 Å². The number of hydrogen-bond donors (Lipinski definition) is 1. The minimum Gasteiger partial charge on any atom is -0.320 e. The first-order valence-corrected chi connectivity index (χ1v) is 7.02. The zero-order valence-corrected chi connectivity index (χ0v) is 11.8. The van der Waals surface area contributed by atoms with Crippen molar-refractivity contribution in [3.8, 4) is 0 Å². The third-order valence-electron chi connectivity index (χ3n) is 3.93. The average Bonchev–Trinajstić information content (AvgIpc) is 3.09. The van der Waals surface area contributed by atoms with Crippen LogP contribution in [0.4, 0.5) is 0 Å². The highest BCUT2D eigenvalue weighted by atomic mass is 16.2. The van der Waals surface area contributed by atoms with E-state index < -0.39 is 0 Å². The molecule has 0 radical (unpaired) electrons. The lowest BCUT2D eigenvalue weighted by molar-refractivity contribution is 0.555. The fourth-order valence-corrected chi connectivity index (χ4v) is 2.85. The van der Waals surface area contributed by atoms with Gasteiger partial charge in [-0.2, -0.15) is 0 Å². The number of aryl methyl sites for hydroxylation is 1. The van der Waals surface area contributed by atoms with Gasteiger partial charge in [0.2, 0.25) is 0 Å². The molecule has 108 valence electrons. The maximum atomic E-state index is 12.4. The third kappa shape index (κ3) is 1.81. The van der Waals surface area contributed by atoms with E-state index in [2.05, 4.69) is 10.3 Å². The van der Waals surface area contributed by atoms with Gasteiger partial charge in [0, 0.05) is 26.2 Å². The zero-order chi connectivity index (χ0) is 14.3. The van der Waals surface area contributed by atoms with Gasteiger partial charge in [-0.1, -0.05) is 6.92 Å². The van der Waals surface area contributed by atoms with E-state index in [0.717, 1.165) is 25.9 Å². The van der Waals surface area contributed by atoms with Gasteiger partial charge in [0.1, 0.15) is 0 Å². The summed E-state index contributed by atoms with van der Waals surface area (Å²) in [6, 6.07) is 0.236. The van der Waals surface area contributed by atoms with Crippen LogP contribution in [0, 0.1) is 0 Å². The van der Waals surface area contributed by atoms with Crippen molar-refractivity contribution < 1.29 is 0 Å². The molecule has 2 aromatic rings. The standard InChI is InChI=1S/C13H19N5O2/c1-3-6-17-11-10(12(19)16(2)13(17)20)18(8-15-11)9-4-5-14-7-9/h8-9,14H,3-7H2,1-2H3. The van der Waals surface area contributed by atoms with Gasteiger partial charge >= 0.3 is 5.69 Å². The summed E-state index contributed by atoms with van der Waals surface area (Å²) in [6.45, 7) is 4.35. The van der Waals surface area contributed by atoms with E-state index in [0.29, 0.717) is 17.7 Å². The second-order valence-corrected chi connectivity index (χ2v) is 5.27. The highest BCUT2D eigenvalue weighted by molar-refractivity contribution is 5.70. The second kappa shape index (κ2) is 4.90. The maximum absolute atomic E-state index is 12.4. The smallest absolute Gasteiger partial charge is 0.320 e. The lowest BCUT2D eigenvalue weighted by Gasteiger charge is -2.13. The fourth-order valence-electron chi connectivity index (χ4n) is 2.85. The summed E-state index contributed by atoms with van der Waals surface area (Å²) in [7, 11) is 1.53. The van der Waals surface area contributed by atoms with E-state index in [1.54, 1.807) is 10.9 Å². The van der Waals surface area contributed by atoms with Crippen LogP contribution in [0.5, 0.6) is 0 Å². The van der Waals surface area contributed by atoms with Crippen molar-refractivity contribution in [1.29, 1.82) is 0 Å². The first-order valence-electron chi connectivity index (χ1n) is 7.02. The second-order valence-electron chi connectivity index (χ2n) is 5.27. The predicted octanol–water partition coefficient (Wildman–Crippen LogP) is -0.159. The summed E-state index contributed by atoms with van der Waals surface area (Å²) in [6.07, 6.45) is 3.49. The Labute approximate surface area is 115 Å². The Hall–Kier alpha value is -1.89. The number of aromatic nitrogens is 4. The SMILES string of the molecule is CCCn1c(=O)n(C)c(=O)c2c1ncn2C1CCNC1. The van der Waals surface area contributed by atoms with E-state index >= 15 is 0 Å². The Morgan fingerprint density at radius 2 is 2.25 bits per heavy atom. The molecule has 1 aliphatic rings. The maximum Gasteiger partial charge on any atom is 0.332 e. The van der Waals surface area contributed by atoms with Crippen LogP contribution in [0.15, 0.2) is 15.9 Å². The molecule has 0 amide bonds. The molecule has 7 heteroatoms. The van der Waals surface area contributed by atoms with Crippen LogP contribution < -0.4 is 16.6 Å². The summed E-state index contributed by atoms with van der Waals surface area (Å²) in [5.41, 5.74) is 0.488. The van der Waals surface area contributed by atoms with E-state index in [1.807, 2.05) is 11.5 Å². The molecule has 2 aromatic heterocycles. The van der Waals surface area contributed by atoms with Gasteiger partial charge in [-0.05, 0) is 19.4 Å². The summed E-state index contributed by atoms with van der Waals surface area (Å²) in [5, 5.41) is 3.28. The van der Waals surface area contributed by atoms with Gasteiger partial charge in [0.05, 0.1) is 6.33 Å². The molecule has 20 heavy (non-hydrogen) atoms. The van der Waals surface area contributed by atoms with Crippen molar-refractivity contribution in [2.24, 2.45) is 7.05 Å². The summed E-state index contributed by atoms with van der Waals surface area (Å²) in [4.78, 5) is 28.9. The van der Waals surface area contributed by atoms with E-state index in [1.165, 1.54) is 11.6 Å². The van der Waals surface area contributed by atoms with Crippen LogP contribution in [0.1, 0.15) is 25.8 Å². The topological polar surface area (TPSA) is 73.8 Å². The minimum atomic E-state index is -0.292. The quantitative estimate of drug-likeness (QED) is 0.846. The van der Waals surface area contributed by atoms with Crippen LogP contribution in [0.3, 0.4) is 0 Å². The Morgan fingerprint density at radius 3 is 2.90 bits per heavy atom. The first kappa shape index (κ1) is 13.1. The average molecular weight is 277 g/mol. The fraction of sp³-hybridized carbons (Fsp3) is 0.615. The molecule has 7 nitrogen and oxygen atoms in total. The van der Waals surface area contributed by atoms with Crippen LogP contribution >= 0.6 is 0 Å². The van der Waals surface area contributed by atoms with Gasteiger partial charge in [-0.15, -0.1) is 0 Å².